The predicted molar refractivity (Wildman–Crippen MR) is 115 cm³/mol. The molecule has 3 heterocycles. The molecule has 1 aromatic carbocycles. The van der Waals surface area contributed by atoms with E-state index in [2.05, 4.69) is 48.9 Å². The van der Waals surface area contributed by atoms with Gasteiger partial charge in [-0.1, -0.05) is 42.4 Å². The third-order valence-electron chi connectivity index (χ3n) is 5.53. The number of carbonyl (C=O) groups is 1. The van der Waals surface area contributed by atoms with Crippen LogP contribution in [-0.4, -0.2) is 27.1 Å². The van der Waals surface area contributed by atoms with Crippen LogP contribution < -0.4 is 0 Å². The molecule has 3 aromatic rings. The molecule has 0 saturated heterocycles. The van der Waals surface area contributed by atoms with Crippen LogP contribution in [0.25, 0.3) is 11.1 Å². The quantitative estimate of drug-likeness (QED) is 0.564. The Kier molecular flexibility index (Phi) is 4.89. The third-order valence-corrected chi connectivity index (χ3v) is 6.79. The second kappa shape index (κ2) is 7.22. The van der Waals surface area contributed by atoms with Crippen molar-refractivity contribution in [1.29, 1.82) is 0 Å². The van der Waals surface area contributed by atoms with E-state index in [1.54, 1.807) is 11.3 Å². The van der Waals surface area contributed by atoms with Crippen molar-refractivity contribution in [3.8, 4) is 11.1 Å². The highest BCUT2D eigenvalue weighted by atomic mass is 35.5. The molecule has 6 heteroatoms. The summed E-state index contributed by atoms with van der Waals surface area (Å²) in [5.41, 5.74) is 6.87. The summed E-state index contributed by atoms with van der Waals surface area (Å²) in [6.45, 7) is 8.99. The minimum absolute atomic E-state index is 0.0496. The van der Waals surface area contributed by atoms with Gasteiger partial charge in [0.1, 0.15) is 0 Å². The molecule has 1 amide bonds. The van der Waals surface area contributed by atoms with E-state index in [4.69, 9.17) is 11.6 Å². The SMILES string of the molecule is C=CC(=O)N1Cc2sc(Cl)cc2[C@H](c2ccccc2-c2c(C)nn(C)c2C)C1. The van der Waals surface area contributed by atoms with Crippen molar-refractivity contribution in [2.24, 2.45) is 7.05 Å². The van der Waals surface area contributed by atoms with Crippen molar-refractivity contribution in [2.75, 3.05) is 6.54 Å². The summed E-state index contributed by atoms with van der Waals surface area (Å²) in [6.07, 6.45) is 1.39. The maximum atomic E-state index is 12.4. The molecule has 0 unspecified atom stereocenters. The number of carbonyl (C=O) groups excluding carboxylic acids is 1. The largest absolute Gasteiger partial charge is 0.333 e. The highest BCUT2D eigenvalue weighted by Gasteiger charge is 2.32. The Morgan fingerprint density at radius 1 is 1.32 bits per heavy atom. The van der Waals surface area contributed by atoms with Gasteiger partial charge in [-0.15, -0.1) is 11.3 Å². The first-order chi connectivity index (χ1) is 13.4. The molecule has 0 fully saturated rings. The average molecular weight is 412 g/mol. The van der Waals surface area contributed by atoms with E-state index in [1.165, 1.54) is 17.2 Å². The van der Waals surface area contributed by atoms with Gasteiger partial charge in [0.2, 0.25) is 5.91 Å². The van der Waals surface area contributed by atoms with Gasteiger partial charge < -0.3 is 4.90 Å². The Morgan fingerprint density at radius 3 is 2.75 bits per heavy atom. The second-order valence-corrected chi connectivity index (χ2v) is 8.93. The van der Waals surface area contributed by atoms with E-state index < -0.39 is 0 Å². The molecule has 0 N–H and O–H groups in total. The molecular weight excluding hydrogens is 390 g/mol. The average Bonchev–Trinajstić information content (AvgIpc) is 3.18. The van der Waals surface area contributed by atoms with Gasteiger partial charge in [0.25, 0.3) is 0 Å². The minimum Gasteiger partial charge on any atom is -0.333 e. The molecule has 0 radical (unpaired) electrons. The lowest BCUT2D eigenvalue weighted by molar-refractivity contribution is -0.127. The fraction of sp³-hybridized carbons (Fsp3) is 0.273. The molecule has 0 spiro atoms. The molecule has 1 aliphatic rings. The maximum Gasteiger partial charge on any atom is 0.246 e. The van der Waals surface area contributed by atoms with Gasteiger partial charge in [-0.25, -0.2) is 0 Å². The summed E-state index contributed by atoms with van der Waals surface area (Å²) in [5.74, 6) is 0.0120. The predicted octanol–water partition coefficient (Wildman–Crippen LogP) is 5.08. The molecule has 2 aromatic heterocycles. The minimum atomic E-state index is -0.0496. The smallest absolute Gasteiger partial charge is 0.246 e. The number of hydrogen-bond acceptors (Lipinski definition) is 3. The van der Waals surface area contributed by atoms with E-state index in [1.807, 2.05) is 23.6 Å². The third kappa shape index (κ3) is 3.09. The Bertz CT molecular complexity index is 1080. The number of amides is 1. The normalized spacial score (nSPS) is 16.1. The summed E-state index contributed by atoms with van der Waals surface area (Å²) in [6, 6.07) is 10.5. The Morgan fingerprint density at radius 2 is 2.07 bits per heavy atom. The molecular formula is C22H22ClN3OS. The number of aromatic nitrogens is 2. The lowest BCUT2D eigenvalue weighted by Gasteiger charge is -2.33. The van der Waals surface area contributed by atoms with E-state index in [0.717, 1.165) is 31.7 Å². The van der Waals surface area contributed by atoms with E-state index >= 15 is 0 Å². The standard InChI is InChI=1S/C22H22ClN3OS/c1-5-21(27)26-11-18(17-10-20(23)28-19(17)12-26)15-8-6-7-9-16(15)22-13(2)24-25(4)14(22)3/h5-10,18H,1,11-12H2,2-4H3/t18-/m0/s1. The van der Waals surface area contributed by atoms with Crippen molar-refractivity contribution in [1.82, 2.24) is 14.7 Å². The number of rotatable bonds is 3. The molecule has 0 bridgehead atoms. The number of benzene rings is 1. The van der Waals surface area contributed by atoms with Crippen LogP contribution in [0.3, 0.4) is 0 Å². The Balaban J connectivity index is 1.89. The van der Waals surface area contributed by atoms with Gasteiger partial charge in [-0.3, -0.25) is 9.48 Å². The number of aryl methyl sites for hydroxylation is 2. The zero-order valence-electron chi connectivity index (χ0n) is 16.2. The monoisotopic (exact) mass is 411 g/mol. The number of halogens is 1. The van der Waals surface area contributed by atoms with E-state index in [-0.39, 0.29) is 11.8 Å². The highest BCUT2D eigenvalue weighted by Crippen LogP contribution is 2.43. The molecule has 0 saturated carbocycles. The molecule has 4 nitrogen and oxygen atoms in total. The van der Waals surface area contributed by atoms with Crippen LogP contribution in [0.1, 0.15) is 33.3 Å². The summed E-state index contributed by atoms with van der Waals surface area (Å²) >= 11 is 7.91. The maximum absolute atomic E-state index is 12.4. The topological polar surface area (TPSA) is 38.1 Å². The molecule has 1 aliphatic heterocycles. The lowest BCUT2D eigenvalue weighted by Crippen LogP contribution is -2.37. The van der Waals surface area contributed by atoms with Crippen molar-refractivity contribution in [3.05, 3.63) is 74.7 Å². The zero-order valence-corrected chi connectivity index (χ0v) is 17.8. The van der Waals surface area contributed by atoms with Crippen LogP contribution in [0.4, 0.5) is 0 Å². The Hall–Kier alpha value is -2.37. The lowest BCUT2D eigenvalue weighted by atomic mass is 9.83. The number of hydrogen-bond donors (Lipinski definition) is 0. The summed E-state index contributed by atoms with van der Waals surface area (Å²) in [7, 11) is 1.97. The first kappa shape index (κ1) is 19.0. The first-order valence-corrected chi connectivity index (χ1v) is 10.4. The first-order valence-electron chi connectivity index (χ1n) is 9.19. The fourth-order valence-electron chi connectivity index (χ4n) is 4.14. The highest BCUT2D eigenvalue weighted by molar-refractivity contribution is 7.16. The van der Waals surface area contributed by atoms with Crippen LogP contribution in [0.2, 0.25) is 4.34 Å². The van der Waals surface area contributed by atoms with Crippen molar-refractivity contribution in [3.63, 3.8) is 0 Å². The van der Waals surface area contributed by atoms with Gasteiger partial charge in [0, 0.05) is 35.6 Å². The number of nitrogens with zero attached hydrogens (tertiary/aromatic N) is 3. The molecule has 28 heavy (non-hydrogen) atoms. The van der Waals surface area contributed by atoms with Crippen molar-refractivity contribution >= 4 is 28.8 Å². The van der Waals surface area contributed by atoms with Crippen molar-refractivity contribution in [2.45, 2.75) is 26.3 Å². The van der Waals surface area contributed by atoms with Crippen LogP contribution in [0.15, 0.2) is 43.0 Å². The molecule has 0 aliphatic carbocycles. The van der Waals surface area contributed by atoms with Crippen LogP contribution in [0, 0.1) is 13.8 Å². The van der Waals surface area contributed by atoms with Crippen LogP contribution >= 0.6 is 22.9 Å². The fourth-order valence-corrected chi connectivity index (χ4v) is 5.50. The number of fused-ring (bicyclic) bond motifs is 1. The van der Waals surface area contributed by atoms with Crippen LogP contribution in [-0.2, 0) is 18.4 Å². The second-order valence-electron chi connectivity index (χ2n) is 7.16. The van der Waals surface area contributed by atoms with Gasteiger partial charge in [0.05, 0.1) is 16.6 Å². The summed E-state index contributed by atoms with van der Waals surface area (Å²) in [5, 5.41) is 4.60. The van der Waals surface area contributed by atoms with E-state index in [9.17, 15) is 4.79 Å². The van der Waals surface area contributed by atoms with E-state index in [0.29, 0.717) is 13.1 Å². The van der Waals surface area contributed by atoms with Crippen LogP contribution in [0.5, 0.6) is 0 Å². The Labute approximate surface area is 174 Å². The zero-order chi connectivity index (χ0) is 20.0. The van der Waals surface area contributed by atoms with Gasteiger partial charge in [-0.05, 0) is 42.7 Å². The van der Waals surface area contributed by atoms with Gasteiger partial charge >= 0.3 is 0 Å². The summed E-state index contributed by atoms with van der Waals surface area (Å²) < 4.78 is 2.68. The summed E-state index contributed by atoms with van der Waals surface area (Å²) in [4.78, 5) is 15.4. The van der Waals surface area contributed by atoms with Gasteiger partial charge in [-0.2, -0.15) is 5.10 Å². The molecule has 4 rings (SSSR count). The number of thiophene rings is 1. The molecule has 1 atom stereocenters. The van der Waals surface area contributed by atoms with Gasteiger partial charge in [0.15, 0.2) is 0 Å². The molecule has 144 valence electrons. The van der Waals surface area contributed by atoms with Crippen molar-refractivity contribution < 1.29 is 4.79 Å².